The Bertz CT molecular complexity index is 260. The number of rotatable bonds is 2. The van der Waals surface area contributed by atoms with Crippen LogP contribution in [0, 0.1) is 0 Å². The Balaban J connectivity index is 2.29. The second-order valence-electron chi connectivity index (χ2n) is 3.41. The molecule has 60 valence electrons. The molecule has 1 aromatic rings. The van der Waals surface area contributed by atoms with Gasteiger partial charge in [0.1, 0.15) is 0 Å². The summed E-state index contributed by atoms with van der Waals surface area (Å²) in [6.07, 6.45) is 6.33. The Kier molecular flexibility index (Phi) is 1.29. The quantitative estimate of drug-likeness (QED) is 0.665. The average Bonchev–Trinajstić information content (AvgIpc) is 2.70. The molecular weight excluding hydrogens is 138 g/mol. The Morgan fingerprint density at radius 1 is 1.73 bits per heavy atom. The zero-order valence-corrected chi connectivity index (χ0v) is 6.75. The minimum absolute atomic E-state index is 0.251. The zero-order valence-electron chi connectivity index (χ0n) is 6.75. The van der Waals surface area contributed by atoms with Crippen LogP contribution in [0.15, 0.2) is 12.5 Å². The highest BCUT2D eigenvalue weighted by atomic mass is 15.0. The van der Waals surface area contributed by atoms with Gasteiger partial charge in [-0.3, -0.25) is 0 Å². The summed E-state index contributed by atoms with van der Waals surface area (Å²) in [7, 11) is 1.99. The highest BCUT2D eigenvalue weighted by Gasteiger charge is 2.44. The molecule has 0 aliphatic heterocycles. The fourth-order valence-electron chi connectivity index (χ4n) is 1.40. The van der Waals surface area contributed by atoms with Crippen molar-refractivity contribution in [2.45, 2.75) is 18.3 Å². The molecule has 1 aromatic heterocycles. The van der Waals surface area contributed by atoms with Crippen LogP contribution in [0.1, 0.15) is 18.5 Å². The van der Waals surface area contributed by atoms with Crippen LogP contribution >= 0.6 is 0 Å². The Morgan fingerprint density at radius 2 is 2.45 bits per heavy atom. The zero-order chi connectivity index (χ0) is 7.90. The van der Waals surface area contributed by atoms with Crippen LogP contribution in [0.4, 0.5) is 0 Å². The van der Waals surface area contributed by atoms with E-state index in [0.29, 0.717) is 0 Å². The second kappa shape index (κ2) is 2.08. The summed E-state index contributed by atoms with van der Waals surface area (Å²) < 4.78 is 1.98. The van der Waals surface area contributed by atoms with Crippen LogP contribution in [0.3, 0.4) is 0 Å². The van der Waals surface area contributed by atoms with E-state index in [9.17, 15) is 0 Å². The second-order valence-corrected chi connectivity index (χ2v) is 3.41. The van der Waals surface area contributed by atoms with E-state index < -0.39 is 0 Å². The number of nitrogens with zero attached hydrogens (tertiary/aromatic N) is 2. The number of aryl methyl sites for hydroxylation is 1. The van der Waals surface area contributed by atoms with Gasteiger partial charge in [0.2, 0.25) is 0 Å². The molecule has 2 N–H and O–H groups in total. The SMILES string of the molecule is Cn1cnc(C2(CN)CC2)c1. The molecular formula is C8H13N3. The van der Waals surface area contributed by atoms with Gasteiger partial charge in [-0.1, -0.05) is 0 Å². The molecule has 0 atom stereocenters. The molecule has 3 nitrogen and oxygen atoms in total. The molecule has 1 aliphatic carbocycles. The van der Waals surface area contributed by atoms with Gasteiger partial charge in [0.25, 0.3) is 0 Å². The third-order valence-corrected chi connectivity index (χ3v) is 2.49. The summed E-state index contributed by atoms with van der Waals surface area (Å²) in [6, 6.07) is 0. The standard InChI is InChI=1S/C8H13N3/c1-11-4-7(10-6-11)8(5-9)2-3-8/h4,6H,2-3,5,9H2,1H3. The van der Waals surface area contributed by atoms with E-state index >= 15 is 0 Å². The lowest BCUT2D eigenvalue weighted by Gasteiger charge is -2.06. The third-order valence-electron chi connectivity index (χ3n) is 2.49. The van der Waals surface area contributed by atoms with Crippen LogP contribution in [-0.4, -0.2) is 16.1 Å². The van der Waals surface area contributed by atoms with Crippen molar-refractivity contribution in [3.8, 4) is 0 Å². The molecule has 0 spiro atoms. The van der Waals surface area contributed by atoms with Gasteiger partial charge in [0.05, 0.1) is 12.0 Å². The van der Waals surface area contributed by atoms with E-state index in [1.165, 1.54) is 18.5 Å². The van der Waals surface area contributed by atoms with E-state index in [0.717, 1.165) is 6.54 Å². The van der Waals surface area contributed by atoms with Gasteiger partial charge in [0, 0.05) is 25.2 Å². The molecule has 1 saturated carbocycles. The highest BCUT2D eigenvalue weighted by Crippen LogP contribution is 2.46. The van der Waals surface area contributed by atoms with Crippen molar-refractivity contribution in [2.75, 3.05) is 6.54 Å². The molecule has 1 heterocycles. The number of imidazole rings is 1. The van der Waals surface area contributed by atoms with Crippen LogP contribution in [0.5, 0.6) is 0 Å². The predicted octanol–water partition coefficient (Wildman–Crippen LogP) is 0.410. The first kappa shape index (κ1) is 6.85. The maximum absolute atomic E-state index is 5.66. The first-order chi connectivity index (χ1) is 5.27. The molecule has 3 heteroatoms. The smallest absolute Gasteiger partial charge is 0.0947 e. The molecule has 0 radical (unpaired) electrons. The Morgan fingerprint density at radius 3 is 2.82 bits per heavy atom. The van der Waals surface area contributed by atoms with Gasteiger partial charge < -0.3 is 10.3 Å². The van der Waals surface area contributed by atoms with Gasteiger partial charge in [-0.2, -0.15) is 0 Å². The van der Waals surface area contributed by atoms with E-state index in [-0.39, 0.29) is 5.41 Å². The summed E-state index contributed by atoms with van der Waals surface area (Å²) in [5, 5.41) is 0. The highest BCUT2D eigenvalue weighted by molar-refractivity contribution is 5.22. The Labute approximate surface area is 66.2 Å². The molecule has 2 rings (SSSR count). The maximum Gasteiger partial charge on any atom is 0.0947 e. The van der Waals surface area contributed by atoms with Crippen molar-refractivity contribution in [3.05, 3.63) is 18.2 Å². The molecule has 0 bridgehead atoms. The van der Waals surface area contributed by atoms with Crippen LogP contribution in [0.25, 0.3) is 0 Å². The third kappa shape index (κ3) is 0.959. The fraction of sp³-hybridized carbons (Fsp3) is 0.625. The lowest BCUT2D eigenvalue weighted by atomic mass is 10.0. The monoisotopic (exact) mass is 151 g/mol. The summed E-state index contributed by atoms with van der Waals surface area (Å²) in [5.41, 5.74) is 7.08. The van der Waals surface area contributed by atoms with Gasteiger partial charge >= 0.3 is 0 Å². The summed E-state index contributed by atoms with van der Waals surface area (Å²) in [4.78, 5) is 4.30. The minimum atomic E-state index is 0.251. The molecule has 0 unspecified atom stereocenters. The predicted molar refractivity (Wildman–Crippen MR) is 43.2 cm³/mol. The lowest BCUT2D eigenvalue weighted by Crippen LogP contribution is -2.19. The number of hydrogen-bond donors (Lipinski definition) is 1. The summed E-state index contributed by atoms with van der Waals surface area (Å²) in [5.74, 6) is 0. The number of hydrogen-bond acceptors (Lipinski definition) is 2. The van der Waals surface area contributed by atoms with Crippen LogP contribution in [-0.2, 0) is 12.5 Å². The van der Waals surface area contributed by atoms with E-state index in [1.54, 1.807) is 0 Å². The van der Waals surface area contributed by atoms with E-state index in [4.69, 9.17) is 5.73 Å². The van der Waals surface area contributed by atoms with Gasteiger partial charge in [-0.25, -0.2) is 4.98 Å². The number of nitrogens with two attached hydrogens (primary N) is 1. The van der Waals surface area contributed by atoms with Gasteiger partial charge in [-0.15, -0.1) is 0 Å². The molecule has 0 amide bonds. The van der Waals surface area contributed by atoms with E-state index in [2.05, 4.69) is 11.2 Å². The van der Waals surface area contributed by atoms with E-state index in [1.807, 2.05) is 17.9 Å². The van der Waals surface area contributed by atoms with Crippen molar-refractivity contribution in [1.82, 2.24) is 9.55 Å². The van der Waals surface area contributed by atoms with Crippen LogP contribution < -0.4 is 5.73 Å². The largest absolute Gasteiger partial charge is 0.340 e. The minimum Gasteiger partial charge on any atom is -0.340 e. The first-order valence-electron chi connectivity index (χ1n) is 3.95. The fourth-order valence-corrected chi connectivity index (χ4v) is 1.40. The molecule has 0 aromatic carbocycles. The van der Waals surface area contributed by atoms with Gasteiger partial charge in [-0.05, 0) is 12.8 Å². The molecule has 1 fully saturated rings. The van der Waals surface area contributed by atoms with Crippen molar-refractivity contribution in [3.63, 3.8) is 0 Å². The van der Waals surface area contributed by atoms with Crippen molar-refractivity contribution < 1.29 is 0 Å². The van der Waals surface area contributed by atoms with Crippen molar-refractivity contribution >= 4 is 0 Å². The topological polar surface area (TPSA) is 43.8 Å². The van der Waals surface area contributed by atoms with Crippen LogP contribution in [0.2, 0.25) is 0 Å². The Hall–Kier alpha value is -0.830. The molecule has 11 heavy (non-hydrogen) atoms. The summed E-state index contributed by atoms with van der Waals surface area (Å²) >= 11 is 0. The summed E-state index contributed by atoms with van der Waals surface area (Å²) in [6.45, 7) is 0.740. The van der Waals surface area contributed by atoms with Crippen molar-refractivity contribution in [2.24, 2.45) is 12.8 Å². The number of aromatic nitrogens is 2. The average molecular weight is 151 g/mol. The lowest BCUT2D eigenvalue weighted by molar-refractivity contribution is 0.682. The molecule has 1 aliphatic rings. The van der Waals surface area contributed by atoms with Crippen molar-refractivity contribution in [1.29, 1.82) is 0 Å². The first-order valence-corrected chi connectivity index (χ1v) is 3.95. The molecule has 0 saturated heterocycles. The van der Waals surface area contributed by atoms with Gasteiger partial charge in [0.15, 0.2) is 0 Å². The maximum atomic E-state index is 5.66. The normalized spacial score (nSPS) is 20.2.